The van der Waals surface area contributed by atoms with Crippen LogP contribution in [0.2, 0.25) is 0 Å². The maximum Gasteiger partial charge on any atom is 0.349 e. The van der Waals surface area contributed by atoms with Gasteiger partial charge in [0.2, 0.25) is 0 Å². The monoisotopic (exact) mass is 488 g/mol. The molecule has 0 radical (unpaired) electrons. The molecule has 0 aliphatic carbocycles. The van der Waals surface area contributed by atoms with Gasteiger partial charge in [0.15, 0.2) is 0 Å². The second-order valence-electron chi connectivity index (χ2n) is 10.3. The highest BCUT2D eigenvalue weighted by Crippen LogP contribution is 2.45. The minimum Gasteiger partial charge on any atom is -0.511 e. The van der Waals surface area contributed by atoms with Gasteiger partial charge in [0.1, 0.15) is 16.3 Å². The number of thioether (sulfide) groups is 1. The molecule has 180 valence electrons. The Hall–Kier alpha value is -1.76. The fourth-order valence-corrected chi connectivity index (χ4v) is 6.30. The van der Waals surface area contributed by atoms with Crippen LogP contribution < -0.4 is 0 Å². The highest BCUT2D eigenvalue weighted by atomic mass is 32.2. The topological polar surface area (TPSA) is 66.8 Å². The normalized spacial score (nSPS) is 19.4. The van der Waals surface area contributed by atoms with E-state index in [9.17, 15) is 15.0 Å². The summed E-state index contributed by atoms with van der Waals surface area (Å²) in [5.41, 5.74) is 3.23. The molecule has 1 aromatic carbocycles. The molecule has 2 heterocycles. The summed E-state index contributed by atoms with van der Waals surface area (Å²) in [5.74, 6) is -0.274. The van der Waals surface area contributed by atoms with E-state index >= 15 is 0 Å². The third-order valence-electron chi connectivity index (χ3n) is 6.67. The van der Waals surface area contributed by atoms with E-state index in [0.717, 1.165) is 28.0 Å². The molecule has 6 heteroatoms. The lowest BCUT2D eigenvalue weighted by Gasteiger charge is -2.40. The first kappa shape index (κ1) is 25.9. The van der Waals surface area contributed by atoms with E-state index in [1.807, 2.05) is 32.9 Å². The average Bonchev–Trinajstić information content (AvgIpc) is 3.13. The minimum atomic E-state index is -0.719. The zero-order valence-electron chi connectivity index (χ0n) is 20.7. The maximum atomic E-state index is 13.2. The number of aliphatic hydroxyl groups is 2. The van der Waals surface area contributed by atoms with Crippen LogP contribution in [0.5, 0.6) is 0 Å². The summed E-state index contributed by atoms with van der Waals surface area (Å²) in [6.07, 6.45) is 1.81. The van der Waals surface area contributed by atoms with Gasteiger partial charge in [-0.3, -0.25) is 0 Å². The summed E-state index contributed by atoms with van der Waals surface area (Å²) in [4.78, 5) is 15.7. The number of thiophene rings is 1. The van der Waals surface area contributed by atoms with E-state index in [1.54, 1.807) is 11.3 Å². The molecule has 2 aromatic rings. The van der Waals surface area contributed by atoms with Crippen LogP contribution in [0.4, 0.5) is 0 Å². The average molecular weight is 489 g/mol. The largest absolute Gasteiger partial charge is 0.511 e. The number of esters is 1. The molecule has 1 aliphatic heterocycles. The Labute approximate surface area is 206 Å². The third-order valence-corrected chi connectivity index (χ3v) is 8.73. The van der Waals surface area contributed by atoms with Crippen molar-refractivity contribution >= 4 is 29.1 Å². The summed E-state index contributed by atoms with van der Waals surface area (Å²) in [5, 5.41) is 22.9. The van der Waals surface area contributed by atoms with Crippen LogP contribution in [0.15, 0.2) is 39.1 Å². The van der Waals surface area contributed by atoms with Gasteiger partial charge in [-0.1, -0.05) is 52.4 Å². The number of aryl methyl sites for hydroxylation is 3. The molecular formula is C27H36O4S2. The van der Waals surface area contributed by atoms with E-state index in [0.29, 0.717) is 12.8 Å². The third kappa shape index (κ3) is 5.50. The van der Waals surface area contributed by atoms with Crippen LogP contribution in [0.25, 0.3) is 0 Å². The lowest BCUT2D eigenvalue weighted by atomic mass is 9.80. The highest BCUT2D eigenvalue weighted by molar-refractivity contribution is 8.04. The van der Waals surface area contributed by atoms with Crippen molar-refractivity contribution < 1.29 is 19.7 Å². The second kappa shape index (κ2) is 9.85. The van der Waals surface area contributed by atoms with Gasteiger partial charge >= 0.3 is 5.97 Å². The van der Waals surface area contributed by atoms with Crippen molar-refractivity contribution in [1.82, 2.24) is 0 Å². The molecule has 3 rings (SSSR count). The van der Waals surface area contributed by atoms with Gasteiger partial charge in [-0.2, -0.15) is 0 Å². The van der Waals surface area contributed by atoms with Crippen molar-refractivity contribution in [1.29, 1.82) is 0 Å². The lowest BCUT2D eigenvalue weighted by molar-refractivity contribution is -0.164. The fourth-order valence-electron chi connectivity index (χ4n) is 4.29. The van der Waals surface area contributed by atoms with Gasteiger partial charge in [0, 0.05) is 16.2 Å². The standard InChI is InChI=1S/C27H36O4S2/c1-16(2)27(10-8-19-9-11-32-18(19)4)14-22(29)24(25(30)31-27)33-23-12-17(3)20(15-28)13-21(23)26(5,6)7/h9,11-13,16,28-29H,8,10,14-15H2,1-7H3. The summed E-state index contributed by atoms with van der Waals surface area (Å²) in [6.45, 7) is 14.4. The first-order valence-corrected chi connectivity index (χ1v) is 13.2. The summed E-state index contributed by atoms with van der Waals surface area (Å²) in [7, 11) is 0. The van der Waals surface area contributed by atoms with Gasteiger partial charge in [0.05, 0.1) is 6.61 Å². The van der Waals surface area contributed by atoms with Crippen LogP contribution in [0.1, 0.15) is 74.6 Å². The zero-order valence-corrected chi connectivity index (χ0v) is 22.4. The Morgan fingerprint density at radius 1 is 1.21 bits per heavy atom. The predicted octanol–water partition coefficient (Wildman–Crippen LogP) is 6.99. The van der Waals surface area contributed by atoms with Gasteiger partial charge < -0.3 is 14.9 Å². The molecule has 0 saturated carbocycles. The molecule has 0 amide bonds. The molecule has 0 bridgehead atoms. The maximum absolute atomic E-state index is 13.2. The zero-order chi connectivity index (χ0) is 24.6. The number of benzene rings is 1. The van der Waals surface area contributed by atoms with Gasteiger partial charge in [-0.05, 0) is 77.8 Å². The Kier molecular flexibility index (Phi) is 7.72. The van der Waals surface area contributed by atoms with Crippen LogP contribution in [0.3, 0.4) is 0 Å². The fraction of sp³-hybridized carbons (Fsp3) is 0.519. The Bertz CT molecular complexity index is 1060. The van der Waals surface area contributed by atoms with E-state index in [1.165, 1.54) is 22.2 Å². The number of rotatable bonds is 7. The van der Waals surface area contributed by atoms with Crippen molar-refractivity contribution in [2.75, 3.05) is 0 Å². The Morgan fingerprint density at radius 3 is 2.42 bits per heavy atom. The van der Waals surface area contributed by atoms with Gasteiger partial charge in [-0.15, -0.1) is 11.3 Å². The van der Waals surface area contributed by atoms with E-state index in [2.05, 4.69) is 39.1 Å². The smallest absolute Gasteiger partial charge is 0.349 e. The molecule has 0 fully saturated rings. The lowest BCUT2D eigenvalue weighted by Crippen LogP contribution is -2.44. The molecule has 0 saturated heterocycles. The molecule has 1 aromatic heterocycles. The predicted molar refractivity (Wildman–Crippen MR) is 137 cm³/mol. The van der Waals surface area contributed by atoms with Crippen LogP contribution in [0, 0.1) is 19.8 Å². The highest BCUT2D eigenvalue weighted by Gasteiger charge is 2.44. The number of carbonyl (C=O) groups excluding carboxylic acids is 1. The van der Waals surface area contributed by atoms with Crippen LogP contribution in [-0.4, -0.2) is 21.8 Å². The molecule has 0 spiro atoms. The number of cyclic esters (lactones) is 1. The van der Waals surface area contributed by atoms with Crippen molar-refractivity contribution in [2.45, 2.75) is 90.2 Å². The minimum absolute atomic E-state index is 0.0314. The van der Waals surface area contributed by atoms with E-state index < -0.39 is 11.6 Å². The number of ether oxygens (including phenoxy) is 1. The molecule has 4 nitrogen and oxygen atoms in total. The van der Waals surface area contributed by atoms with Gasteiger partial charge in [-0.25, -0.2) is 4.79 Å². The first-order chi connectivity index (χ1) is 15.4. The van der Waals surface area contributed by atoms with Gasteiger partial charge in [0.25, 0.3) is 0 Å². The summed E-state index contributed by atoms with van der Waals surface area (Å²) in [6, 6.07) is 6.13. The SMILES string of the molecule is Cc1cc(SC2=C(O)CC(CCc3ccsc3C)(C(C)C)OC2=O)c(C(C)(C)C)cc1CO. The number of hydrogen-bond acceptors (Lipinski definition) is 6. The summed E-state index contributed by atoms with van der Waals surface area (Å²) < 4.78 is 6.12. The number of hydrogen-bond donors (Lipinski definition) is 2. The van der Waals surface area contributed by atoms with Crippen molar-refractivity contribution in [3.63, 3.8) is 0 Å². The molecule has 1 unspecified atom stereocenters. The van der Waals surface area contributed by atoms with Crippen molar-refractivity contribution in [3.05, 3.63) is 61.4 Å². The molecule has 33 heavy (non-hydrogen) atoms. The van der Waals surface area contributed by atoms with Crippen molar-refractivity contribution in [2.24, 2.45) is 5.92 Å². The van der Waals surface area contributed by atoms with E-state index in [-0.39, 0.29) is 28.6 Å². The Morgan fingerprint density at radius 2 is 1.91 bits per heavy atom. The molecule has 1 aliphatic rings. The van der Waals surface area contributed by atoms with Crippen LogP contribution in [-0.2, 0) is 28.0 Å². The number of aliphatic hydroxyl groups excluding tert-OH is 2. The quantitative estimate of drug-likeness (QED) is 0.411. The van der Waals surface area contributed by atoms with Crippen LogP contribution >= 0.6 is 23.1 Å². The molecule has 2 N–H and O–H groups in total. The van der Waals surface area contributed by atoms with E-state index in [4.69, 9.17) is 4.74 Å². The van der Waals surface area contributed by atoms with Crippen molar-refractivity contribution in [3.8, 4) is 0 Å². The summed E-state index contributed by atoms with van der Waals surface area (Å²) >= 11 is 3.00. The second-order valence-corrected chi connectivity index (χ2v) is 12.5. The number of carbonyl (C=O) groups is 1. The molecule has 1 atom stereocenters. The molecular weight excluding hydrogens is 452 g/mol. The Balaban J connectivity index is 1.93. The first-order valence-electron chi connectivity index (χ1n) is 11.5.